The maximum Gasteiger partial charge on any atom is 0.248 e. The van der Waals surface area contributed by atoms with E-state index >= 15 is 0 Å². The monoisotopic (exact) mass is 334 g/mol. The molecule has 0 aromatic heterocycles. The first kappa shape index (κ1) is 16.4. The lowest BCUT2D eigenvalue weighted by molar-refractivity contribution is -0.115. The molecule has 0 heterocycles. The number of hydrogen-bond acceptors (Lipinski definition) is 3. The molecule has 0 fully saturated rings. The molecule has 114 valence electrons. The van der Waals surface area contributed by atoms with Crippen LogP contribution in [0.15, 0.2) is 53.4 Å². The Hall–Kier alpha value is -1.98. The summed E-state index contributed by atoms with van der Waals surface area (Å²) in [5.74, 6) is -0.615. The van der Waals surface area contributed by atoms with Crippen LogP contribution in [0.1, 0.15) is 17.3 Å². The van der Waals surface area contributed by atoms with Crippen molar-refractivity contribution in [1.82, 2.24) is 0 Å². The maximum absolute atomic E-state index is 12.2. The molecule has 0 bridgehead atoms. The minimum atomic E-state index is -0.496. The topological polar surface area (TPSA) is 72.2 Å². The summed E-state index contributed by atoms with van der Waals surface area (Å²) in [7, 11) is 0. The maximum atomic E-state index is 12.2. The highest BCUT2D eigenvalue weighted by atomic mass is 35.5. The van der Waals surface area contributed by atoms with E-state index in [-0.39, 0.29) is 11.2 Å². The molecular formula is C16H15ClN2O2S. The smallest absolute Gasteiger partial charge is 0.248 e. The Labute approximate surface area is 138 Å². The quantitative estimate of drug-likeness (QED) is 0.821. The number of benzene rings is 2. The first-order valence-electron chi connectivity index (χ1n) is 6.58. The second-order valence-electron chi connectivity index (χ2n) is 4.64. The second-order valence-corrected chi connectivity index (χ2v) is 6.50. The molecule has 4 nitrogen and oxygen atoms in total. The van der Waals surface area contributed by atoms with Gasteiger partial charge in [0.1, 0.15) is 0 Å². The minimum absolute atomic E-state index is 0.119. The summed E-state index contributed by atoms with van der Waals surface area (Å²) in [6.45, 7) is 1.83. The Morgan fingerprint density at radius 2 is 1.68 bits per heavy atom. The third-order valence-corrected chi connectivity index (χ3v) is 4.30. The average molecular weight is 335 g/mol. The Bertz CT molecular complexity index is 672. The van der Waals surface area contributed by atoms with E-state index in [0.717, 1.165) is 4.90 Å². The number of anilines is 1. The van der Waals surface area contributed by atoms with Crippen molar-refractivity contribution in [1.29, 1.82) is 0 Å². The van der Waals surface area contributed by atoms with Crippen molar-refractivity contribution >= 4 is 40.9 Å². The number of hydrogen-bond donors (Lipinski definition) is 2. The summed E-state index contributed by atoms with van der Waals surface area (Å²) in [5, 5.41) is 3.20. The minimum Gasteiger partial charge on any atom is -0.366 e. The van der Waals surface area contributed by atoms with Gasteiger partial charge in [0, 0.05) is 21.2 Å². The SMILES string of the molecule is CC(Sc1ccc(Cl)cc1)C(=O)Nc1ccc(C(N)=O)cc1. The van der Waals surface area contributed by atoms with Crippen LogP contribution in [0.25, 0.3) is 0 Å². The van der Waals surface area contributed by atoms with Gasteiger partial charge in [-0.1, -0.05) is 11.6 Å². The fraction of sp³-hybridized carbons (Fsp3) is 0.125. The Balaban J connectivity index is 1.95. The fourth-order valence-corrected chi connectivity index (χ4v) is 2.73. The number of carbonyl (C=O) groups is 2. The highest BCUT2D eigenvalue weighted by molar-refractivity contribution is 8.00. The number of carbonyl (C=O) groups excluding carboxylic acids is 2. The largest absolute Gasteiger partial charge is 0.366 e. The van der Waals surface area contributed by atoms with Crippen molar-refractivity contribution in [3.05, 3.63) is 59.1 Å². The molecule has 0 radical (unpaired) electrons. The average Bonchev–Trinajstić information content (AvgIpc) is 2.50. The molecular weight excluding hydrogens is 320 g/mol. The van der Waals surface area contributed by atoms with Crippen molar-refractivity contribution in [3.63, 3.8) is 0 Å². The molecule has 0 saturated carbocycles. The van der Waals surface area contributed by atoms with Gasteiger partial charge in [-0.25, -0.2) is 0 Å². The lowest BCUT2D eigenvalue weighted by Gasteiger charge is -2.12. The third-order valence-electron chi connectivity index (χ3n) is 2.93. The van der Waals surface area contributed by atoms with Gasteiger partial charge in [0.15, 0.2) is 0 Å². The molecule has 0 saturated heterocycles. The fourth-order valence-electron chi connectivity index (χ4n) is 1.73. The van der Waals surface area contributed by atoms with Crippen molar-refractivity contribution < 1.29 is 9.59 Å². The third kappa shape index (κ3) is 4.51. The molecule has 2 rings (SSSR count). The van der Waals surface area contributed by atoms with Gasteiger partial charge in [0.05, 0.1) is 5.25 Å². The predicted octanol–water partition coefficient (Wildman–Crippen LogP) is 3.56. The summed E-state index contributed by atoms with van der Waals surface area (Å²) >= 11 is 7.27. The molecule has 22 heavy (non-hydrogen) atoms. The summed E-state index contributed by atoms with van der Waals surface area (Å²) in [6.07, 6.45) is 0. The van der Waals surface area contributed by atoms with Crippen LogP contribution < -0.4 is 11.1 Å². The molecule has 0 spiro atoms. The first-order valence-corrected chi connectivity index (χ1v) is 7.84. The van der Waals surface area contributed by atoms with Gasteiger partial charge in [-0.15, -0.1) is 11.8 Å². The van der Waals surface area contributed by atoms with Crippen molar-refractivity contribution in [3.8, 4) is 0 Å². The van der Waals surface area contributed by atoms with E-state index in [1.807, 2.05) is 19.1 Å². The molecule has 0 aliphatic carbocycles. The normalized spacial score (nSPS) is 11.7. The van der Waals surface area contributed by atoms with E-state index in [9.17, 15) is 9.59 Å². The molecule has 2 aromatic carbocycles. The first-order chi connectivity index (χ1) is 10.5. The van der Waals surface area contributed by atoms with E-state index in [4.69, 9.17) is 17.3 Å². The zero-order chi connectivity index (χ0) is 16.1. The van der Waals surface area contributed by atoms with E-state index in [2.05, 4.69) is 5.32 Å². The lowest BCUT2D eigenvalue weighted by Crippen LogP contribution is -2.22. The summed E-state index contributed by atoms with van der Waals surface area (Å²) in [5.41, 5.74) is 6.20. The highest BCUT2D eigenvalue weighted by Crippen LogP contribution is 2.25. The summed E-state index contributed by atoms with van der Waals surface area (Å²) < 4.78 is 0. The predicted molar refractivity (Wildman–Crippen MR) is 90.4 cm³/mol. The number of halogens is 1. The van der Waals surface area contributed by atoms with Crippen molar-refractivity contribution in [2.45, 2.75) is 17.1 Å². The molecule has 2 aromatic rings. The van der Waals surface area contributed by atoms with Crippen LogP contribution in [-0.4, -0.2) is 17.1 Å². The van der Waals surface area contributed by atoms with Crippen LogP contribution in [-0.2, 0) is 4.79 Å². The number of thioether (sulfide) groups is 1. The zero-order valence-electron chi connectivity index (χ0n) is 11.9. The standard InChI is InChI=1S/C16H15ClN2O2S/c1-10(22-14-8-4-12(17)5-9-14)16(21)19-13-6-2-11(3-7-13)15(18)20/h2-10H,1H3,(H2,18,20)(H,19,21). The molecule has 0 aliphatic heterocycles. The van der Waals surface area contributed by atoms with Crippen LogP contribution in [0.4, 0.5) is 5.69 Å². The summed E-state index contributed by atoms with van der Waals surface area (Å²) in [4.78, 5) is 24.1. The molecule has 6 heteroatoms. The Morgan fingerprint density at radius 1 is 1.09 bits per heavy atom. The van der Waals surface area contributed by atoms with E-state index in [1.54, 1.807) is 36.4 Å². The molecule has 3 N–H and O–H groups in total. The van der Waals surface area contributed by atoms with Crippen LogP contribution >= 0.6 is 23.4 Å². The van der Waals surface area contributed by atoms with E-state index < -0.39 is 5.91 Å². The van der Waals surface area contributed by atoms with Gasteiger partial charge in [0.25, 0.3) is 0 Å². The Kier molecular flexibility index (Phi) is 5.46. The van der Waals surface area contributed by atoms with Crippen molar-refractivity contribution in [2.24, 2.45) is 5.73 Å². The number of nitrogens with one attached hydrogen (secondary N) is 1. The highest BCUT2D eigenvalue weighted by Gasteiger charge is 2.14. The molecule has 1 atom stereocenters. The van der Waals surface area contributed by atoms with E-state index in [1.165, 1.54) is 11.8 Å². The van der Waals surface area contributed by atoms with Gasteiger partial charge < -0.3 is 11.1 Å². The van der Waals surface area contributed by atoms with Gasteiger partial charge in [-0.05, 0) is 55.5 Å². The van der Waals surface area contributed by atoms with E-state index in [0.29, 0.717) is 16.3 Å². The van der Waals surface area contributed by atoms with Gasteiger partial charge in [-0.3, -0.25) is 9.59 Å². The zero-order valence-corrected chi connectivity index (χ0v) is 13.4. The van der Waals surface area contributed by atoms with Crippen LogP contribution in [0.3, 0.4) is 0 Å². The number of rotatable bonds is 5. The van der Waals surface area contributed by atoms with Crippen LogP contribution in [0.2, 0.25) is 5.02 Å². The Morgan fingerprint density at radius 3 is 2.23 bits per heavy atom. The van der Waals surface area contributed by atoms with Crippen molar-refractivity contribution in [2.75, 3.05) is 5.32 Å². The number of amides is 2. The lowest BCUT2D eigenvalue weighted by atomic mass is 10.2. The van der Waals surface area contributed by atoms with Gasteiger partial charge in [0.2, 0.25) is 11.8 Å². The molecule has 2 amide bonds. The van der Waals surface area contributed by atoms with Gasteiger partial charge >= 0.3 is 0 Å². The number of primary amides is 1. The van der Waals surface area contributed by atoms with Crippen LogP contribution in [0.5, 0.6) is 0 Å². The van der Waals surface area contributed by atoms with Gasteiger partial charge in [-0.2, -0.15) is 0 Å². The molecule has 0 aliphatic rings. The second kappa shape index (κ2) is 7.33. The number of nitrogens with two attached hydrogens (primary N) is 1. The van der Waals surface area contributed by atoms with Crippen LogP contribution in [0, 0.1) is 0 Å². The molecule has 1 unspecified atom stereocenters. The summed E-state index contributed by atoms with van der Waals surface area (Å²) in [6, 6.07) is 13.8.